The van der Waals surface area contributed by atoms with Gasteiger partial charge in [-0.15, -0.1) is 0 Å². The first-order chi connectivity index (χ1) is 9.79. The fourth-order valence-electron chi connectivity index (χ4n) is 1.90. The zero-order valence-corrected chi connectivity index (χ0v) is 12.6. The Bertz CT molecular complexity index is 761. The number of amides is 1. The average molecular weight is 304 g/mol. The molecule has 2 aromatic carbocycles. The molecule has 0 heterocycles. The Hall–Kier alpha value is -2.34. The van der Waals surface area contributed by atoms with Crippen molar-refractivity contribution in [2.75, 3.05) is 17.3 Å². The van der Waals surface area contributed by atoms with Crippen LogP contribution < -0.4 is 11.1 Å². The molecule has 6 heteroatoms. The molecule has 2 aromatic rings. The number of anilines is 2. The Morgan fingerprint density at radius 3 is 2.24 bits per heavy atom. The van der Waals surface area contributed by atoms with E-state index in [1.54, 1.807) is 12.1 Å². The number of sulfone groups is 1. The third kappa shape index (κ3) is 3.41. The van der Waals surface area contributed by atoms with E-state index in [9.17, 15) is 13.2 Å². The van der Waals surface area contributed by atoms with Crippen LogP contribution in [-0.2, 0) is 9.84 Å². The summed E-state index contributed by atoms with van der Waals surface area (Å²) in [5.41, 5.74) is 8.11. The summed E-state index contributed by atoms with van der Waals surface area (Å²) < 4.78 is 22.8. The number of nitrogen functional groups attached to an aromatic ring is 1. The molecule has 110 valence electrons. The standard InChI is InChI=1S/C15H16N2O3S/c1-10-4-3-5-13(16)14(10)17-15(18)11-6-8-12(9-7-11)21(2,19)20/h3-9H,16H2,1-2H3,(H,17,18). The number of rotatable bonds is 3. The van der Waals surface area contributed by atoms with E-state index in [0.717, 1.165) is 11.8 Å². The van der Waals surface area contributed by atoms with E-state index in [4.69, 9.17) is 5.73 Å². The van der Waals surface area contributed by atoms with Gasteiger partial charge in [0.1, 0.15) is 0 Å². The molecule has 0 radical (unpaired) electrons. The topological polar surface area (TPSA) is 89.3 Å². The smallest absolute Gasteiger partial charge is 0.255 e. The fourth-order valence-corrected chi connectivity index (χ4v) is 2.53. The molecule has 0 saturated heterocycles. The first-order valence-electron chi connectivity index (χ1n) is 6.25. The second-order valence-electron chi connectivity index (χ2n) is 4.79. The van der Waals surface area contributed by atoms with Crippen LogP contribution in [0.25, 0.3) is 0 Å². The van der Waals surface area contributed by atoms with E-state index in [-0.39, 0.29) is 10.8 Å². The highest BCUT2D eigenvalue weighted by Crippen LogP contribution is 2.23. The van der Waals surface area contributed by atoms with E-state index in [1.165, 1.54) is 24.3 Å². The summed E-state index contributed by atoms with van der Waals surface area (Å²) in [7, 11) is -3.27. The molecule has 0 spiro atoms. The molecular formula is C15H16N2O3S. The van der Waals surface area contributed by atoms with Gasteiger partial charge >= 0.3 is 0 Å². The lowest BCUT2D eigenvalue weighted by Crippen LogP contribution is -2.14. The number of benzene rings is 2. The van der Waals surface area contributed by atoms with E-state index in [1.807, 2.05) is 13.0 Å². The monoisotopic (exact) mass is 304 g/mol. The van der Waals surface area contributed by atoms with Gasteiger partial charge in [-0.3, -0.25) is 4.79 Å². The molecule has 21 heavy (non-hydrogen) atoms. The van der Waals surface area contributed by atoms with Crippen molar-refractivity contribution in [3.8, 4) is 0 Å². The maximum absolute atomic E-state index is 12.2. The largest absolute Gasteiger partial charge is 0.397 e. The van der Waals surface area contributed by atoms with Crippen molar-refractivity contribution in [3.05, 3.63) is 53.6 Å². The second-order valence-corrected chi connectivity index (χ2v) is 6.81. The van der Waals surface area contributed by atoms with Crippen molar-refractivity contribution in [3.63, 3.8) is 0 Å². The number of carbonyl (C=O) groups is 1. The molecule has 0 bridgehead atoms. The van der Waals surface area contributed by atoms with Gasteiger partial charge in [-0.05, 0) is 42.8 Å². The van der Waals surface area contributed by atoms with Crippen molar-refractivity contribution in [1.82, 2.24) is 0 Å². The summed E-state index contributed by atoms with van der Waals surface area (Å²) in [5, 5.41) is 2.74. The minimum absolute atomic E-state index is 0.175. The summed E-state index contributed by atoms with van der Waals surface area (Å²) >= 11 is 0. The van der Waals surface area contributed by atoms with Gasteiger partial charge in [-0.1, -0.05) is 12.1 Å². The van der Waals surface area contributed by atoms with Gasteiger partial charge in [0.25, 0.3) is 5.91 Å². The third-order valence-electron chi connectivity index (χ3n) is 3.09. The molecule has 0 aromatic heterocycles. The lowest BCUT2D eigenvalue weighted by atomic mass is 10.1. The Morgan fingerprint density at radius 2 is 1.71 bits per heavy atom. The van der Waals surface area contributed by atoms with Gasteiger partial charge < -0.3 is 11.1 Å². The SMILES string of the molecule is Cc1cccc(N)c1NC(=O)c1ccc(S(C)(=O)=O)cc1. The Labute approximate surface area is 123 Å². The summed E-state index contributed by atoms with van der Waals surface area (Å²) in [6.45, 7) is 1.85. The Kier molecular flexibility index (Phi) is 3.99. The lowest BCUT2D eigenvalue weighted by molar-refractivity contribution is 0.102. The van der Waals surface area contributed by atoms with Crippen molar-refractivity contribution in [2.24, 2.45) is 0 Å². The van der Waals surface area contributed by atoms with Crippen LogP contribution in [0.4, 0.5) is 11.4 Å². The molecule has 0 aliphatic heterocycles. The number of nitrogens with two attached hydrogens (primary N) is 1. The second kappa shape index (κ2) is 5.57. The quantitative estimate of drug-likeness (QED) is 0.851. The maximum atomic E-state index is 12.2. The minimum Gasteiger partial charge on any atom is -0.397 e. The average Bonchev–Trinajstić information content (AvgIpc) is 2.42. The molecule has 1 amide bonds. The number of para-hydroxylation sites is 1. The number of nitrogens with one attached hydrogen (secondary N) is 1. The van der Waals surface area contributed by atoms with Crippen molar-refractivity contribution in [2.45, 2.75) is 11.8 Å². The van der Waals surface area contributed by atoms with Crippen LogP contribution in [0.2, 0.25) is 0 Å². The highest BCUT2D eigenvalue weighted by atomic mass is 32.2. The van der Waals surface area contributed by atoms with Crippen LogP contribution in [0.15, 0.2) is 47.4 Å². The van der Waals surface area contributed by atoms with Crippen molar-refractivity contribution >= 4 is 27.1 Å². The molecule has 5 nitrogen and oxygen atoms in total. The van der Waals surface area contributed by atoms with Gasteiger partial charge in [0.2, 0.25) is 0 Å². The lowest BCUT2D eigenvalue weighted by Gasteiger charge is -2.11. The molecular weight excluding hydrogens is 288 g/mol. The zero-order chi connectivity index (χ0) is 15.6. The first-order valence-corrected chi connectivity index (χ1v) is 8.15. The van der Waals surface area contributed by atoms with E-state index < -0.39 is 9.84 Å². The number of aryl methyl sites for hydroxylation is 1. The molecule has 2 rings (SSSR count). The van der Waals surface area contributed by atoms with Gasteiger partial charge in [0.15, 0.2) is 9.84 Å². The molecule has 0 aliphatic carbocycles. The van der Waals surface area contributed by atoms with E-state index >= 15 is 0 Å². The van der Waals surface area contributed by atoms with Gasteiger partial charge in [-0.2, -0.15) is 0 Å². The van der Waals surface area contributed by atoms with Crippen LogP contribution in [0.5, 0.6) is 0 Å². The highest BCUT2D eigenvalue weighted by molar-refractivity contribution is 7.90. The Morgan fingerprint density at radius 1 is 1.10 bits per heavy atom. The predicted molar refractivity (Wildman–Crippen MR) is 83.1 cm³/mol. The summed E-state index contributed by atoms with van der Waals surface area (Å²) in [6, 6.07) is 11.1. The van der Waals surface area contributed by atoms with Crippen LogP contribution in [-0.4, -0.2) is 20.6 Å². The molecule has 0 saturated carbocycles. The number of hydrogen-bond donors (Lipinski definition) is 2. The number of carbonyl (C=O) groups excluding carboxylic acids is 1. The van der Waals surface area contributed by atoms with Crippen LogP contribution in [0.3, 0.4) is 0 Å². The van der Waals surface area contributed by atoms with Crippen LogP contribution in [0, 0.1) is 6.92 Å². The molecule has 0 atom stereocenters. The van der Waals surface area contributed by atoms with Gasteiger partial charge in [-0.25, -0.2) is 8.42 Å². The third-order valence-corrected chi connectivity index (χ3v) is 4.22. The Balaban J connectivity index is 2.25. The predicted octanol–water partition coefficient (Wildman–Crippen LogP) is 2.23. The summed E-state index contributed by atoms with van der Waals surface area (Å²) in [5.74, 6) is -0.337. The molecule has 3 N–H and O–H groups in total. The van der Waals surface area contributed by atoms with Gasteiger partial charge in [0, 0.05) is 11.8 Å². The first kappa shape index (κ1) is 15.1. The number of hydrogen-bond acceptors (Lipinski definition) is 4. The molecule has 0 unspecified atom stereocenters. The normalized spacial score (nSPS) is 11.1. The maximum Gasteiger partial charge on any atom is 0.255 e. The zero-order valence-electron chi connectivity index (χ0n) is 11.8. The highest BCUT2D eigenvalue weighted by Gasteiger charge is 2.12. The summed E-state index contributed by atoms with van der Waals surface area (Å²) in [4.78, 5) is 12.3. The van der Waals surface area contributed by atoms with Gasteiger partial charge in [0.05, 0.1) is 16.3 Å². The van der Waals surface area contributed by atoms with E-state index in [2.05, 4.69) is 5.32 Å². The van der Waals surface area contributed by atoms with E-state index in [0.29, 0.717) is 16.9 Å². The van der Waals surface area contributed by atoms with Crippen molar-refractivity contribution in [1.29, 1.82) is 0 Å². The molecule has 0 aliphatic rings. The fraction of sp³-hybridized carbons (Fsp3) is 0.133. The summed E-state index contributed by atoms with van der Waals surface area (Å²) in [6.07, 6.45) is 1.12. The van der Waals surface area contributed by atoms with Crippen LogP contribution in [0.1, 0.15) is 15.9 Å². The minimum atomic E-state index is -3.27. The molecule has 0 fully saturated rings. The van der Waals surface area contributed by atoms with Crippen LogP contribution >= 0.6 is 0 Å². The van der Waals surface area contributed by atoms with Crippen molar-refractivity contribution < 1.29 is 13.2 Å².